The summed E-state index contributed by atoms with van der Waals surface area (Å²) in [5.74, 6) is 1.02. The van der Waals surface area contributed by atoms with Gasteiger partial charge in [-0.1, -0.05) is 12.1 Å². The van der Waals surface area contributed by atoms with Crippen molar-refractivity contribution >= 4 is 5.91 Å². The van der Waals surface area contributed by atoms with Gasteiger partial charge in [0.05, 0.1) is 0 Å². The van der Waals surface area contributed by atoms with Crippen molar-refractivity contribution in [1.29, 1.82) is 0 Å². The highest BCUT2D eigenvalue weighted by molar-refractivity contribution is 5.93. The maximum Gasteiger partial charge on any atom is 0.253 e. The number of hydrogen-bond acceptors (Lipinski definition) is 2. The van der Waals surface area contributed by atoms with Crippen LogP contribution >= 0.6 is 0 Å². The smallest absolute Gasteiger partial charge is 0.253 e. The molecule has 1 heterocycles. The molecule has 1 amide bonds. The lowest BCUT2D eigenvalue weighted by molar-refractivity contribution is 0.0827. The topological polar surface area (TPSA) is 38.1 Å². The summed E-state index contributed by atoms with van der Waals surface area (Å²) in [6.45, 7) is 2.76. The Bertz CT molecular complexity index is 540. The molecule has 0 bridgehead atoms. The molecule has 0 aliphatic heterocycles. The van der Waals surface area contributed by atoms with E-state index in [-0.39, 0.29) is 5.91 Å². The molecule has 2 aromatic rings. The number of carbonyl (C=O) groups excluding carboxylic acids is 1. The van der Waals surface area contributed by atoms with Crippen LogP contribution < -0.4 is 0 Å². The van der Waals surface area contributed by atoms with Crippen molar-refractivity contribution in [1.82, 2.24) is 14.5 Å². The molecule has 94 valence electrons. The highest BCUT2D eigenvalue weighted by atomic mass is 16.2. The third kappa shape index (κ3) is 2.59. The van der Waals surface area contributed by atoms with E-state index in [0.29, 0.717) is 5.56 Å². The number of benzene rings is 1. The van der Waals surface area contributed by atoms with Crippen LogP contribution in [-0.4, -0.2) is 34.5 Å². The second-order valence-corrected chi connectivity index (χ2v) is 4.50. The van der Waals surface area contributed by atoms with Gasteiger partial charge in [0.1, 0.15) is 5.82 Å². The van der Waals surface area contributed by atoms with Crippen LogP contribution in [0.15, 0.2) is 36.7 Å². The maximum absolute atomic E-state index is 11.7. The summed E-state index contributed by atoms with van der Waals surface area (Å²) in [5.41, 5.74) is 1.87. The zero-order valence-corrected chi connectivity index (χ0v) is 10.9. The molecule has 1 aromatic heterocycles. The number of nitrogens with zero attached hydrogens (tertiary/aromatic N) is 3. The molecule has 0 spiro atoms. The van der Waals surface area contributed by atoms with E-state index in [1.165, 1.54) is 0 Å². The average molecular weight is 243 g/mol. The Hall–Kier alpha value is -2.10. The third-order valence-electron chi connectivity index (χ3n) is 2.88. The van der Waals surface area contributed by atoms with Crippen molar-refractivity contribution in [3.8, 4) is 0 Å². The van der Waals surface area contributed by atoms with Gasteiger partial charge < -0.3 is 9.47 Å². The fourth-order valence-corrected chi connectivity index (χ4v) is 1.78. The van der Waals surface area contributed by atoms with Gasteiger partial charge in [-0.25, -0.2) is 4.98 Å². The molecule has 0 saturated heterocycles. The van der Waals surface area contributed by atoms with Crippen LogP contribution in [0, 0.1) is 6.92 Å². The van der Waals surface area contributed by atoms with E-state index in [0.717, 1.165) is 17.9 Å². The molecule has 0 radical (unpaired) electrons. The summed E-state index contributed by atoms with van der Waals surface area (Å²) in [7, 11) is 3.51. The predicted molar refractivity (Wildman–Crippen MR) is 70.5 cm³/mol. The Morgan fingerprint density at radius 1 is 1.28 bits per heavy atom. The SMILES string of the molecule is Cc1nccn1Cc1ccc(C(=O)N(C)C)cc1. The standard InChI is InChI=1S/C14H17N3O/c1-11-15-8-9-17(11)10-12-4-6-13(7-5-12)14(18)16(2)3/h4-9H,10H2,1-3H3. The quantitative estimate of drug-likeness (QED) is 0.826. The predicted octanol–water partition coefficient (Wildman–Crippen LogP) is 1.94. The number of imidazole rings is 1. The van der Waals surface area contributed by atoms with Gasteiger partial charge in [-0.05, 0) is 24.6 Å². The highest BCUT2D eigenvalue weighted by Gasteiger charge is 2.07. The summed E-state index contributed by atoms with van der Waals surface area (Å²) in [5, 5.41) is 0. The summed E-state index contributed by atoms with van der Waals surface area (Å²) in [4.78, 5) is 17.5. The van der Waals surface area contributed by atoms with Gasteiger partial charge >= 0.3 is 0 Å². The van der Waals surface area contributed by atoms with Crippen molar-refractivity contribution in [3.63, 3.8) is 0 Å². The molecular weight excluding hydrogens is 226 g/mol. The Morgan fingerprint density at radius 2 is 1.94 bits per heavy atom. The number of rotatable bonds is 3. The first-order chi connectivity index (χ1) is 8.58. The average Bonchev–Trinajstić information content (AvgIpc) is 2.75. The second kappa shape index (κ2) is 5.04. The first-order valence-electron chi connectivity index (χ1n) is 5.86. The van der Waals surface area contributed by atoms with E-state index >= 15 is 0 Å². The van der Waals surface area contributed by atoms with Gasteiger partial charge in [-0.15, -0.1) is 0 Å². The minimum absolute atomic E-state index is 0.0281. The first kappa shape index (κ1) is 12.4. The van der Waals surface area contributed by atoms with Crippen molar-refractivity contribution in [2.24, 2.45) is 0 Å². The van der Waals surface area contributed by atoms with Gasteiger partial charge in [-0.2, -0.15) is 0 Å². The number of aryl methyl sites for hydroxylation is 1. The van der Waals surface area contributed by atoms with Crippen molar-refractivity contribution in [2.45, 2.75) is 13.5 Å². The molecule has 4 nitrogen and oxygen atoms in total. The molecule has 0 fully saturated rings. The molecule has 1 aromatic carbocycles. The normalized spacial score (nSPS) is 10.4. The number of carbonyl (C=O) groups is 1. The molecule has 2 rings (SSSR count). The van der Waals surface area contributed by atoms with E-state index in [1.807, 2.05) is 37.4 Å². The van der Waals surface area contributed by atoms with Gasteiger partial charge in [0.15, 0.2) is 0 Å². The molecule has 4 heteroatoms. The Balaban J connectivity index is 2.13. The minimum Gasteiger partial charge on any atom is -0.345 e. The zero-order valence-electron chi connectivity index (χ0n) is 10.9. The van der Waals surface area contributed by atoms with E-state index in [9.17, 15) is 4.79 Å². The van der Waals surface area contributed by atoms with Gasteiger partial charge in [0, 0.05) is 38.6 Å². The van der Waals surface area contributed by atoms with Gasteiger partial charge in [0.25, 0.3) is 5.91 Å². The van der Waals surface area contributed by atoms with E-state index < -0.39 is 0 Å². The lowest BCUT2D eigenvalue weighted by Gasteiger charge is -2.11. The van der Waals surface area contributed by atoms with Crippen LogP contribution in [0.1, 0.15) is 21.7 Å². The summed E-state index contributed by atoms with van der Waals surface area (Å²) in [6.07, 6.45) is 3.74. The van der Waals surface area contributed by atoms with Gasteiger partial charge in [-0.3, -0.25) is 4.79 Å². The summed E-state index contributed by atoms with van der Waals surface area (Å²) >= 11 is 0. The number of hydrogen-bond donors (Lipinski definition) is 0. The third-order valence-corrected chi connectivity index (χ3v) is 2.88. The van der Waals surface area contributed by atoms with Crippen molar-refractivity contribution < 1.29 is 4.79 Å². The maximum atomic E-state index is 11.7. The Morgan fingerprint density at radius 3 is 2.44 bits per heavy atom. The molecule has 0 atom stereocenters. The van der Waals surface area contributed by atoms with Crippen LogP contribution in [0.3, 0.4) is 0 Å². The molecule has 0 N–H and O–H groups in total. The summed E-state index contributed by atoms with van der Waals surface area (Å²) < 4.78 is 2.07. The number of amides is 1. The van der Waals surface area contributed by atoms with E-state index in [1.54, 1.807) is 25.2 Å². The van der Waals surface area contributed by atoms with Crippen molar-refractivity contribution in [2.75, 3.05) is 14.1 Å². The Kier molecular flexibility index (Phi) is 3.46. The van der Waals surface area contributed by atoms with Crippen LogP contribution in [0.4, 0.5) is 0 Å². The Labute approximate surface area is 107 Å². The highest BCUT2D eigenvalue weighted by Crippen LogP contribution is 2.09. The van der Waals surface area contributed by atoms with Crippen LogP contribution in [0.25, 0.3) is 0 Å². The minimum atomic E-state index is 0.0281. The molecule has 0 aliphatic carbocycles. The van der Waals surface area contributed by atoms with E-state index in [4.69, 9.17) is 0 Å². The zero-order chi connectivity index (χ0) is 13.1. The van der Waals surface area contributed by atoms with Crippen LogP contribution in [0.5, 0.6) is 0 Å². The molecule has 0 saturated carbocycles. The number of aromatic nitrogens is 2. The lowest BCUT2D eigenvalue weighted by Crippen LogP contribution is -2.21. The van der Waals surface area contributed by atoms with Crippen LogP contribution in [0.2, 0.25) is 0 Å². The molecule has 0 aliphatic rings. The van der Waals surface area contributed by atoms with Gasteiger partial charge in [0.2, 0.25) is 0 Å². The van der Waals surface area contributed by atoms with Crippen molar-refractivity contribution in [3.05, 3.63) is 53.6 Å². The van der Waals surface area contributed by atoms with E-state index in [2.05, 4.69) is 9.55 Å². The second-order valence-electron chi connectivity index (χ2n) is 4.50. The monoisotopic (exact) mass is 243 g/mol. The van der Waals surface area contributed by atoms with Crippen LogP contribution in [-0.2, 0) is 6.54 Å². The molecule has 0 unspecified atom stereocenters. The largest absolute Gasteiger partial charge is 0.345 e. The summed E-state index contributed by atoms with van der Waals surface area (Å²) in [6, 6.07) is 7.69. The first-order valence-corrected chi connectivity index (χ1v) is 5.86. The fourth-order valence-electron chi connectivity index (χ4n) is 1.78. The lowest BCUT2D eigenvalue weighted by atomic mass is 10.1. The molecule has 18 heavy (non-hydrogen) atoms. The molecular formula is C14H17N3O. The fraction of sp³-hybridized carbons (Fsp3) is 0.286.